The van der Waals surface area contributed by atoms with Gasteiger partial charge in [-0.2, -0.15) is 0 Å². The van der Waals surface area contributed by atoms with E-state index in [2.05, 4.69) is 5.32 Å². The molecule has 1 rings (SSSR count). The van der Waals surface area contributed by atoms with Gasteiger partial charge in [-0.25, -0.2) is 4.79 Å². The molecular weight excluding hydrogens is 322 g/mol. The number of hydrogen-bond donors (Lipinski definition) is 2. The Labute approximate surface area is 140 Å². The van der Waals surface area contributed by atoms with Crippen molar-refractivity contribution in [1.29, 1.82) is 0 Å². The van der Waals surface area contributed by atoms with Crippen molar-refractivity contribution in [2.24, 2.45) is 5.73 Å². The first kappa shape index (κ1) is 19.2. The number of nitro benzene ring substituents is 1. The van der Waals surface area contributed by atoms with E-state index in [1.54, 1.807) is 39.8 Å². The van der Waals surface area contributed by atoms with Gasteiger partial charge in [-0.3, -0.25) is 10.1 Å². The zero-order valence-corrected chi connectivity index (χ0v) is 14.4. The smallest absolute Gasteiger partial charge is 0.407 e. The molecule has 0 aliphatic carbocycles. The zero-order valence-electron chi connectivity index (χ0n) is 13.7. The second kappa shape index (κ2) is 7.14. The van der Waals surface area contributed by atoms with Gasteiger partial charge in [0.2, 0.25) is 0 Å². The van der Waals surface area contributed by atoms with Crippen molar-refractivity contribution in [1.82, 2.24) is 5.32 Å². The van der Waals surface area contributed by atoms with E-state index in [1.165, 1.54) is 6.07 Å². The molecule has 128 valence electrons. The summed E-state index contributed by atoms with van der Waals surface area (Å²) in [6.07, 6.45) is -0.603. The van der Waals surface area contributed by atoms with E-state index in [0.717, 1.165) is 0 Å². The number of carbonyl (C=O) groups excluding carboxylic acids is 1. The standard InChI is InChI=1S/C15H22ClN3O4/c1-14(2,3)23-13(20)18-9-15(4,8-17)11-6-5-10(16)7-12(11)19(21)22/h5-7H,8-9,17H2,1-4H3,(H,18,20). The van der Waals surface area contributed by atoms with Crippen molar-refractivity contribution < 1.29 is 14.5 Å². The molecule has 0 heterocycles. The minimum Gasteiger partial charge on any atom is -0.444 e. The van der Waals surface area contributed by atoms with Crippen molar-refractivity contribution in [2.75, 3.05) is 13.1 Å². The molecule has 23 heavy (non-hydrogen) atoms. The summed E-state index contributed by atoms with van der Waals surface area (Å²) in [5, 5.41) is 14.1. The number of nitrogens with zero attached hydrogens (tertiary/aromatic N) is 1. The normalized spacial score (nSPS) is 14.0. The molecule has 0 radical (unpaired) electrons. The fourth-order valence-electron chi connectivity index (χ4n) is 2.03. The van der Waals surface area contributed by atoms with E-state index in [-0.39, 0.29) is 23.8 Å². The number of alkyl carbamates (subject to hydrolysis) is 1. The van der Waals surface area contributed by atoms with E-state index in [4.69, 9.17) is 22.1 Å². The number of carbonyl (C=O) groups is 1. The minimum atomic E-state index is -0.829. The van der Waals surface area contributed by atoms with Gasteiger partial charge in [-0.05, 0) is 26.8 Å². The van der Waals surface area contributed by atoms with Gasteiger partial charge >= 0.3 is 6.09 Å². The van der Waals surface area contributed by atoms with Crippen molar-refractivity contribution >= 4 is 23.4 Å². The van der Waals surface area contributed by atoms with Crippen molar-refractivity contribution in [2.45, 2.75) is 38.7 Å². The molecule has 0 bridgehead atoms. The Kier molecular flexibility index (Phi) is 5.96. The first-order valence-electron chi connectivity index (χ1n) is 7.10. The number of amides is 1. The van der Waals surface area contributed by atoms with Gasteiger partial charge in [0, 0.05) is 35.2 Å². The van der Waals surface area contributed by atoms with Crippen LogP contribution in [-0.2, 0) is 10.2 Å². The monoisotopic (exact) mass is 343 g/mol. The van der Waals surface area contributed by atoms with E-state index in [0.29, 0.717) is 5.56 Å². The Balaban J connectivity index is 3.02. The molecule has 7 nitrogen and oxygen atoms in total. The van der Waals surface area contributed by atoms with Crippen LogP contribution < -0.4 is 11.1 Å². The van der Waals surface area contributed by atoms with E-state index in [9.17, 15) is 14.9 Å². The average molecular weight is 344 g/mol. The molecule has 3 N–H and O–H groups in total. The van der Waals surface area contributed by atoms with Gasteiger partial charge in [-0.1, -0.05) is 24.6 Å². The molecule has 0 saturated carbocycles. The Morgan fingerprint density at radius 3 is 2.48 bits per heavy atom. The highest BCUT2D eigenvalue weighted by molar-refractivity contribution is 6.30. The molecular formula is C15H22ClN3O4. The molecule has 0 saturated heterocycles. The Morgan fingerprint density at radius 2 is 2.00 bits per heavy atom. The quantitative estimate of drug-likeness (QED) is 0.631. The van der Waals surface area contributed by atoms with Crippen LogP contribution in [0.1, 0.15) is 33.3 Å². The first-order chi connectivity index (χ1) is 10.5. The molecule has 1 aromatic carbocycles. The summed E-state index contributed by atoms with van der Waals surface area (Å²) in [5.74, 6) is 0. The van der Waals surface area contributed by atoms with Gasteiger partial charge in [0.15, 0.2) is 0 Å². The third-order valence-electron chi connectivity index (χ3n) is 3.28. The summed E-state index contributed by atoms with van der Waals surface area (Å²) >= 11 is 5.83. The number of benzene rings is 1. The van der Waals surface area contributed by atoms with E-state index < -0.39 is 22.0 Å². The van der Waals surface area contributed by atoms with Crippen LogP contribution in [0.3, 0.4) is 0 Å². The largest absolute Gasteiger partial charge is 0.444 e. The molecule has 1 aromatic rings. The maximum Gasteiger partial charge on any atom is 0.407 e. The van der Waals surface area contributed by atoms with Gasteiger partial charge in [0.05, 0.1) is 4.92 Å². The SMILES string of the molecule is CC(C)(C)OC(=O)NCC(C)(CN)c1ccc(Cl)cc1[N+](=O)[O-]. The summed E-state index contributed by atoms with van der Waals surface area (Å²) < 4.78 is 5.16. The molecule has 0 aliphatic rings. The van der Waals surface area contributed by atoms with Crippen LogP contribution in [0.15, 0.2) is 18.2 Å². The highest BCUT2D eigenvalue weighted by Crippen LogP contribution is 2.33. The highest BCUT2D eigenvalue weighted by atomic mass is 35.5. The fourth-order valence-corrected chi connectivity index (χ4v) is 2.19. The molecule has 1 amide bonds. The molecule has 1 atom stereocenters. The van der Waals surface area contributed by atoms with Crippen LogP contribution >= 0.6 is 11.6 Å². The van der Waals surface area contributed by atoms with Gasteiger partial charge in [0.1, 0.15) is 5.60 Å². The molecule has 0 aromatic heterocycles. The molecule has 1 unspecified atom stereocenters. The third kappa shape index (κ3) is 5.37. The lowest BCUT2D eigenvalue weighted by Gasteiger charge is -2.29. The predicted octanol–water partition coefficient (Wildman–Crippen LogP) is 2.99. The van der Waals surface area contributed by atoms with Crippen LogP contribution in [0.4, 0.5) is 10.5 Å². The van der Waals surface area contributed by atoms with Crippen LogP contribution in [0.2, 0.25) is 5.02 Å². The number of nitro groups is 1. The van der Waals surface area contributed by atoms with Crippen molar-refractivity contribution in [3.63, 3.8) is 0 Å². The number of nitrogens with one attached hydrogen (secondary N) is 1. The van der Waals surface area contributed by atoms with Crippen LogP contribution in [-0.4, -0.2) is 29.7 Å². The highest BCUT2D eigenvalue weighted by Gasteiger charge is 2.33. The third-order valence-corrected chi connectivity index (χ3v) is 3.51. The first-order valence-corrected chi connectivity index (χ1v) is 7.48. The number of ether oxygens (including phenoxy) is 1. The summed E-state index contributed by atoms with van der Waals surface area (Å²) in [5.41, 5.74) is 4.63. The topological polar surface area (TPSA) is 107 Å². The zero-order chi connectivity index (χ0) is 17.8. The lowest BCUT2D eigenvalue weighted by atomic mass is 9.81. The van der Waals surface area contributed by atoms with E-state index in [1.807, 2.05) is 0 Å². The molecule has 0 aliphatic heterocycles. The lowest BCUT2D eigenvalue weighted by molar-refractivity contribution is -0.386. The van der Waals surface area contributed by atoms with Crippen LogP contribution in [0.25, 0.3) is 0 Å². The Bertz CT molecular complexity index is 601. The molecule has 0 spiro atoms. The maximum atomic E-state index is 11.8. The second-order valence-corrected chi connectivity index (χ2v) is 6.98. The predicted molar refractivity (Wildman–Crippen MR) is 88.7 cm³/mol. The van der Waals surface area contributed by atoms with Crippen LogP contribution in [0.5, 0.6) is 0 Å². The summed E-state index contributed by atoms with van der Waals surface area (Å²) in [4.78, 5) is 22.5. The number of nitrogens with two attached hydrogens (primary N) is 1. The molecule has 0 fully saturated rings. The molecule has 8 heteroatoms. The summed E-state index contributed by atoms with van der Waals surface area (Å²) in [6.45, 7) is 7.18. The van der Waals surface area contributed by atoms with Gasteiger partial charge in [0.25, 0.3) is 5.69 Å². The fraction of sp³-hybridized carbons (Fsp3) is 0.533. The summed E-state index contributed by atoms with van der Waals surface area (Å²) in [7, 11) is 0. The van der Waals surface area contributed by atoms with E-state index >= 15 is 0 Å². The average Bonchev–Trinajstić information content (AvgIpc) is 2.42. The van der Waals surface area contributed by atoms with Gasteiger partial charge < -0.3 is 15.8 Å². The van der Waals surface area contributed by atoms with Crippen molar-refractivity contribution in [3.05, 3.63) is 38.9 Å². The minimum absolute atomic E-state index is 0.0981. The number of halogens is 1. The van der Waals surface area contributed by atoms with Crippen LogP contribution in [0, 0.1) is 10.1 Å². The lowest BCUT2D eigenvalue weighted by Crippen LogP contribution is -2.45. The van der Waals surface area contributed by atoms with Crippen molar-refractivity contribution in [3.8, 4) is 0 Å². The Hall–Kier alpha value is -1.86. The number of rotatable bonds is 5. The Morgan fingerprint density at radius 1 is 1.39 bits per heavy atom. The van der Waals surface area contributed by atoms with Gasteiger partial charge in [-0.15, -0.1) is 0 Å². The second-order valence-electron chi connectivity index (χ2n) is 6.54. The maximum absolute atomic E-state index is 11.8. The number of hydrogen-bond acceptors (Lipinski definition) is 5. The summed E-state index contributed by atoms with van der Waals surface area (Å²) in [6, 6.07) is 4.40.